The van der Waals surface area contributed by atoms with Gasteiger partial charge in [-0.1, -0.05) is 25.3 Å². The number of nitrogens with one attached hydrogen (secondary N) is 1. The van der Waals surface area contributed by atoms with Gasteiger partial charge < -0.3 is 15.2 Å². The minimum absolute atomic E-state index is 0.0445. The number of hydrogen-bond donors (Lipinski definition) is 2. The maximum atomic E-state index is 12.2. The average molecular weight is 359 g/mol. The summed E-state index contributed by atoms with van der Waals surface area (Å²) in [6.45, 7) is 0. The molecule has 0 radical (unpaired) electrons. The Hall–Kier alpha value is -2.25. The maximum absolute atomic E-state index is 12.2. The minimum Gasteiger partial charge on any atom is -0.481 e. The molecule has 1 aliphatic rings. The first-order valence-electron chi connectivity index (χ1n) is 8.13. The van der Waals surface area contributed by atoms with Gasteiger partial charge in [0.15, 0.2) is 0 Å². The zero-order valence-electron chi connectivity index (χ0n) is 13.5. The number of benzene rings is 1. The molecular formula is C17H20F3NO4. The molecule has 25 heavy (non-hydrogen) atoms. The highest BCUT2D eigenvalue weighted by molar-refractivity contribution is 5.93. The first kappa shape index (κ1) is 19.1. The van der Waals surface area contributed by atoms with Crippen molar-refractivity contribution in [3.05, 3.63) is 24.3 Å². The predicted molar refractivity (Wildman–Crippen MR) is 84.1 cm³/mol. The predicted octanol–water partition coefficient (Wildman–Crippen LogP) is 4.19. The number of ether oxygens (including phenoxy) is 1. The van der Waals surface area contributed by atoms with Crippen LogP contribution in [0.15, 0.2) is 24.3 Å². The second-order valence-electron chi connectivity index (χ2n) is 6.17. The van der Waals surface area contributed by atoms with E-state index in [0.29, 0.717) is 0 Å². The van der Waals surface area contributed by atoms with Crippen LogP contribution in [0.5, 0.6) is 5.75 Å². The molecule has 2 N–H and O–H groups in total. The van der Waals surface area contributed by atoms with Crippen LogP contribution >= 0.6 is 0 Å². The van der Waals surface area contributed by atoms with Gasteiger partial charge in [0, 0.05) is 18.2 Å². The summed E-state index contributed by atoms with van der Waals surface area (Å²) in [6, 6.07) is 4.89. The lowest BCUT2D eigenvalue weighted by Gasteiger charge is -2.27. The van der Waals surface area contributed by atoms with E-state index in [4.69, 9.17) is 0 Å². The molecular weight excluding hydrogens is 339 g/mol. The van der Waals surface area contributed by atoms with E-state index in [2.05, 4.69) is 10.1 Å². The van der Waals surface area contributed by atoms with E-state index in [-0.39, 0.29) is 18.0 Å². The quantitative estimate of drug-likeness (QED) is 0.798. The van der Waals surface area contributed by atoms with Gasteiger partial charge in [-0.3, -0.25) is 9.59 Å². The maximum Gasteiger partial charge on any atom is 0.573 e. The zero-order chi connectivity index (χ0) is 18.4. The average Bonchev–Trinajstić information content (AvgIpc) is 2.52. The molecule has 1 aromatic rings. The molecule has 0 aliphatic heterocycles. The van der Waals surface area contributed by atoms with Crippen molar-refractivity contribution < 1.29 is 32.6 Å². The number of aliphatic carboxylic acids is 1. The van der Waals surface area contributed by atoms with Crippen LogP contribution in [0, 0.1) is 11.8 Å². The molecule has 138 valence electrons. The first-order valence-corrected chi connectivity index (χ1v) is 8.13. The summed E-state index contributed by atoms with van der Waals surface area (Å²) in [5, 5.41) is 11.8. The number of amides is 1. The van der Waals surface area contributed by atoms with Crippen LogP contribution in [0.1, 0.15) is 38.5 Å². The van der Waals surface area contributed by atoms with Gasteiger partial charge >= 0.3 is 12.3 Å². The molecule has 2 rings (SSSR count). The third-order valence-corrected chi connectivity index (χ3v) is 4.29. The van der Waals surface area contributed by atoms with Crippen molar-refractivity contribution in [2.24, 2.45) is 11.8 Å². The Morgan fingerprint density at radius 3 is 2.52 bits per heavy atom. The van der Waals surface area contributed by atoms with Crippen LogP contribution in [-0.2, 0) is 9.59 Å². The van der Waals surface area contributed by atoms with E-state index in [1.807, 2.05) is 0 Å². The van der Waals surface area contributed by atoms with Crippen LogP contribution in [0.2, 0.25) is 0 Å². The van der Waals surface area contributed by atoms with Gasteiger partial charge in [-0.2, -0.15) is 0 Å². The summed E-state index contributed by atoms with van der Waals surface area (Å²) in [7, 11) is 0. The summed E-state index contributed by atoms with van der Waals surface area (Å²) >= 11 is 0. The van der Waals surface area contributed by atoms with Crippen molar-refractivity contribution in [2.75, 3.05) is 5.32 Å². The number of carboxylic acids is 1. The summed E-state index contributed by atoms with van der Waals surface area (Å²) in [5.74, 6) is -2.84. The second-order valence-corrected chi connectivity index (χ2v) is 6.17. The fourth-order valence-corrected chi connectivity index (χ4v) is 3.17. The summed E-state index contributed by atoms with van der Waals surface area (Å²) in [6.07, 6.45) is -0.499. The van der Waals surface area contributed by atoms with Gasteiger partial charge in [0.1, 0.15) is 5.75 Å². The largest absolute Gasteiger partial charge is 0.573 e. The molecule has 1 atom stereocenters. The third kappa shape index (κ3) is 6.28. The van der Waals surface area contributed by atoms with E-state index >= 15 is 0 Å². The first-order chi connectivity index (χ1) is 11.7. The molecule has 1 fully saturated rings. The summed E-state index contributed by atoms with van der Waals surface area (Å²) in [4.78, 5) is 23.6. The lowest BCUT2D eigenvalue weighted by molar-refractivity contribution is -0.274. The molecule has 1 amide bonds. The van der Waals surface area contributed by atoms with Gasteiger partial charge in [-0.15, -0.1) is 13.2 Å². The lowest BCUT2D eigenvalue weighted by atomic mass is 9.78. The Balaban J connectivity index is 1.98. The molecule has 1 unspecified atom stereocenters. The SMILES string of the molecule is O=C(CC(C(=O)O)C1CCCCC1)Nc1cccc(OC(F)(F)F)c1. The minimum atomic E-state index is -4.82. The van der Waals surface area contributed by atoms with Crippen molar-refractivity contribution >= 4 is 17.6 Å². The van der Waals surface area contributed by atoms with E-state index in [1.54, 1.807) is 0 Å². The van der Waals surface area contributed by atoms with Gasteiger partial charge in [-0.25, -0.2) is 0 Å². The Bertz CT molecular complexity index is 612. The van der Waals surface area contributed by atoms with Gasteiger partial charge in [-0.05, 0) is 30.9 Å². The Morgan fingerprint density at radius 1 is 1.24 bits per heavy atom. The molecule has 0 aromatic heterocycles. The molecule has 0 spiro atoms. The normalized spacial score (nSPS) is 16.9. The van der Waals surface area contributed by atoms with E-state index in [0.717, 1.165) is 44.2 Å². The second kappa shape index (κ2) is 8.22. The number of hydrogen-bond acceptors (Lipinski definition) is 3. The van der Waals surface area contributed by atoms with Crippen molar-refractivity contribution in [1.82, 2.24) is 0 Å². The molecule has 1 saturated carbocycles. The Kier molecular flexibility index (Phi) is 6.27. The van der Waals surface area contributed by atoms with Crippen molar-refractivity contribution in [1.29, 1.82) is 0 Å². The standard InChI is InChI=1S/C17H20F3NO4/c18-17(19,20)25-13-8-4-7-12(9-13)21-15(22)10-14(16(23)24)11-5-2-1-3-6-11/h4,7-9,11,14H,1-3,5-6,10H2,(H,21,22)(H,23,24). The number of rotatable bonds is 6. The number of alkyl halides is 3. The van der Waals surface area contributed by atoms with E-state index < -0.39 is 29.9 Å². The van der Waals surface area contributed by atoms with Crippen LogP contribution in [-0.4, -0.2) is 23.3 Å². The Morgan fingerprint density at radius 2 is 1.92 bits per heavy atom. The van der Waals surface area contributed by atoms with Crippen LogP contribution in [0.3, 0.4) is 0 Å². The number of carbonyl (C=O) groups is 2. The topological polar surface area (TPSA) is 75.6 Å². The fourth-order valence-electron chi connectivity index (χ4n) is 3.17. The van der Waals surface area contributed by atoms with E-state index in [1.165, 1.54) is 12.1 Å². The van der Waals surface area contributed by atoms with Crippen molar-refractivity contribution in [3.8, 4) is 5.75 Å². The van der Waals surface area contributed by atoms with Gasteiger partial charge in [0.25, 0.3) is 0 Å². The number of carbonyl (C=O) groups excluding carboxylic acids is 1. The van der Waals surface area contributed by atoms with Gasteiger partial charge in [0.05, 0.1) is 5.92 Å². The van der Waals surface area contributed by atoms with Crippen molar-refractivity contribution in [3.63, 3.8) is 0 Å². The van der Waals surface area contributed by atoms with Gasteiger partial charge in [0.2, 0.25) is 5.91 Å². The Labute approximate surface area is 143 Å². The molecule has 1 aliphatic carbocycles. The number of anilines is 1. The number of halogens is 3. The molecule has 1 aromatic carbocycles. The fraction of sp³-hybridized carbons (Fsp3) is 0.529. The summed E-state index contributed by atoms with van der Waals surface area (Å²) in [5.41, 5.74) is 0.125. The van der Waals surface area contributed by atoms with Crippen LogP contribution < -0.4 is 10.1 Å². The van der Waals surface area contributed by atoms with Crippen LogP contribution in [0.4, 0.5) is 18.9 Å². The highest BCUT2D eigenvalue weighted by Gasteiger charge is 2.32. The zero-order valence-corrected chi connectivity index (χ0v) is 13.5. The molecule has 8 heteroatoms. The highest BCUT2D eigenvalue weighted by atomic mass is 19.4. The number of carboxylic acid groups (broad SMARTS) is 1. The highest BCUT2D eigenvalue weighted by Crippen LogP contribution is 2.32. The molecule has 5 nitrogen and oxygen atoms in total. The molecule has 0 saturated heterocycles. The van der Waals surface area contributed by atoms with E-state index in [9.17, 15) is 27.9 Å². The van der Waals surface area contributed by atoms with Crippen LogP contribution in [0.25, 0.3) is 0 Å². The monoisotopic (exact) mass is 359 g/mol. The summed E-state index contributed by atoms with van der Waals surface area (Å²) < 4.78 is 40.5. The smallest absolute Gasteiger partial charge is 0.481 e. The molecule has 0 bridgehead atoms. The lowest BCUT2D eigenvalue weighted by Crippen LogP contribution is -2.30. The molecule has 0 heterocycles. The van der Waals surface area contributed by atoms with Crippen molar-refractivity contribution in [2.45, 2.75) is 44.9 Å². The third-order valence-electron chi connectivity index (χ3n) is 4.29.